The molecule has 0 saturated carbocycles. The van der Waals surface area contributed by atoms with Crippen molar-refractivity contribution in [2.75, 3.05) is 7.11 Å². The van der Waals surface area contributed by atoms with Crippen LogP contribution in [-0.2, 0) is 11.2 Å². The van der Waals surface area contributed by atoms with Crippen LogP contribution in [0.25, 0.3) is 0 Å². The van der Waals surface area contributed by atoms with Gasteiger partial charge in [-0.1, -0.05) is 61.5 Å². The van der Waals surface area contributed by atoms with Crippen LogP contribution in [0.3, 0.4) is 0 Å². The largest absolute Gasteiger partial charge is 0.375 e. The average molecular weight is 255 g/mol. The van der Waals surface area contributed by atoms with Gasteiger partial charge >= 0.3 is 0 Å². The van der Waals surface area contributed by atoms with Crippen molar-refractivity contribution in [3.8, 4) is 0 Å². The summed E-state index contributed by atoms with van der Waals surface area (Å²) in [6.45, 7) is 2.15. The molecule has 0 aliphatic rings. The molecule has 2 unspecified atom stereocenters. The van der Waals surface area contributed by atoms with Crippen LogP contribution in [0.1, 0.15) is 35.8 Å². The highest BCUT2D eigenvalue weighted by molar-refractivity contribution is 5.29. The van der Waals surface area contributed by atoms with Gasteiger partial charge in [0, 0.05) is 7.11 Å². The Morgan fingerprint density at radius 2 is 1.68 bits per heavy atom. The van der Waals surface area contributed by atoms with Gasteiger partial charge < -0.3 is 10.5 Å². The molecule has 0 radical (unpaired) electrons. The number of methoxy groups -OCH3 is 1. The molecule has 0 aliphatic carbocycles. The second-order valence-electron chi connectivity index (χ2n) is 4.69. The SMILES string of the molecule is CCc1cccc(C(N)C(OC)c2ccccc2)c1. The maximum absolute atomic E-state index is 6.38. The van der Waals surface area contributed by atoms with Crippen molar-refractivity contribution >= 4 is 0 Å². The maximum atomic E-state index is 6.38. The quantitative estimate of drug-likeness (QED) is 0.885. The van der Waals surface area contributed by atoms with Gasteiger partial charge in [-0.2, -0.15) is 0 Å². The lowest BCUT2D eigenvalue weighted by Gasteiger charge is -2.23. The van der Waals surface area contributed by atoms with Crippen LogP contribution in [-0.4, -0.2) is 7.11 Å². The summed E-state index contributed by atoms with van der Waals surface area (Å²) < 4.78 is 5.60. The Kier molecular flexibility index (Phi) is 4.72. The number of aryl methyl sites for hydroxylation is 1. The molecule has 0 saturated heterocycles. The number of ether oxygens (including phenoxy) is 1. The lowest BCUT2D eigenvalue weighted by Crippen LogP contribution is -2.21. The molecule has 100 valence electrons. The summed E-state index contributed by atoms with van der Waals surface area (Å²) in [6.07, 6.45) is 0.900. The Labute approximate surface area is 115 Å². The number of rotatable bonds is 5. The Morgan fingerprint density at radius 3 is 2.32 bits per heavy atom. The van der Waals surface area contributed by atoms with Crippen molar-refractivity contribution in [2.24, 2.45) is 5.73 Å². The highest BCUT2D eigenvalue weighted by atomic mass is 16.5. The topological polar surface area (TPSA) is 35.2 Å². The van der Waals surface area contributed by atoms with E-state index in [1.165, 1.54) is 5.56 Å². The molecule has 0 aromatic heterocycles. The van der Waals surface area contributed by atoms with Gasteiger partial charge in [0.05, 0.1) is 6.04 Å². The molecule has 2 aromatic rings. The molecule has 0 aliphatic heterocycles. The Hall–Kier alpha value is -1.64. The molecular weight excluding hydrogens is 234 g/mol. The molecule has 19 heavy (non-hydrogen) atoms. The molecule has 2 N–H and O–H groups in total. The van der Waals surface area contributed by atoms with Gasteiger partial charge in [0.2, 0.25) is 0 Å². The normalized spacial score (nSPS) is 14.1. The molecule has 2 nitrogen and oxygen atoms in total. The van der Waals surface area contributed by atoms with Crippen molar-refractivity contribution in [2.45, 2.75) is 25.5 Å². The minimum Gasteiger partial charge on any atom is -0.375 e. The van der Waals surface area contributed by atoms with Crippen molar-refractivity contribution in [3.63, 3.8) is 0 Å². The van der Waals surface area contributed by atoms with Crippen LogP contribution in [0.2, 0.25) is 0 Å². The van der Waals surface area contributed by atoms with Gasteiger partial charge in [-0.3, -0.25) is 0 Å². The maximum Gasteiger partial charge on any atom is 0.101 e. The van der Waals surface area contributed by atoms with Crippen LogP contribution < -0.4 is 5.73 Å². The third kappa shape index (κ3) is 3.22. The van der Waals surface area contributed by atoms with Crippen molar-refractivity contribution < 1.29 is 4.74 Å². The zero-order valence-corrected chi connectivity index (χ0v) is 11.5. The van der Waals surface area contributed by atoms with Gasteiger partial charge in [-0.15, -0.1) is 0 Å². The third-order valence-electron chi connectivity index (χ3n) is 3.45. The van der Waals surface area contributed by atoms with E-state index >= 15 is 0 Å². The molecule has 2 aromatic carbocycles. The molecule has 0 amide bonds. The second kappa shape index (κ2) is 6.50. The summed E-state index contributed by atoms with van der Waals surface area (Å²) in [5, 5.41) is 0. The number of hydrogen-bond acceptors (Lipinski definition) is 2. The predicted octanol–water partition coefficient (Wildman–Crippen LogP) is 3.64. The van der Waals surface area contributed by atoms with Gasteiger partial charge in [-0.05, 0) is 23.1 Å². The van der Waals surface area contributed by atoms with Crippen LogP contribution in [0.4, 0.5) is 0 Å². The minimum absolute atomic E-state index is 0.117. The molecule has 0 heterocycles. The van der Waals surface area contributed by atoms with E-state index in [-0.39, 0.29) is 12.1 Å². The van der Waals surface area contributed by atoms with Crippen LogP contribution in [0.15, 0.2) is 54.6 Å². The smallest absolute Gasteiger partial charge is 0.101 e. The Bertz CT molecular complexity index is 510. The molecular formula is C17H21NO. The molecule has 0 fully saturated rings. The fourth-order valence-corrected chi connectivity index (χ4v) is 2.33. The van der Waals surface area contributed by atoms with Gasteiger partial charge in [-0.25, -0.2) is 0 Å². The first-order valence-corrected chi connectivity index (χ1v) is 6.68. The first-order valence-electron chi connectivity index (χ1n) is 6.68. The molecule has 2 rings (SSSR count). The van der Waals surface area contributed by atoms with Crippen LogP contribution in [0.5, 0.6) is 0 Å². The van der Waals surface area contributed by atoms with Crippen LogP contribution >= 0.6 is 0 Å². The monoisotopic (exact) mass is 255 g/mol. The summed E-state index contributed by atoms with van der Waals surface area (Å²) in [7, 11) is 1.71. The summed E-state index contributed by atoms with van der Waals surface area (Å²) >= 11 is 0. The van der Waals surface area contributed by atoms with Crippen molar-refractivity contribution in [3.05, 3.63) is 71.3 Å². The Balaban J connectivity index is 2.27. The first-order chi connectivity index (χ1) is 9.26. The van der Waals surface area contributed by atoms with Gasteiger partial charge in [0.25, 0.3) is 0 Å². The van der Waals surface area contributed by atoms with Gasteiger partial charge in [0.15, 0.2) is 0 Å². The first kappa shape index (κ1) is 13.8. The lowest BCUT2D eigenvalue weighted by molar-refractivity contribution is 0.0801. The fraction of sp³-hybridized carbons (Fsp3) is 0.294. The van der Waals surface area contributed by atoms with E-state index < -0.39 is 0 Å². The summed E-state index contributed by atoms with van der Waals surface area (Å²) in [5.74, 6) is 0. The van der Waals surface area contributed by atoms with E-state index in [1.54, 1.807) is 7.11 Å². The highest BCUT2D eigenvalue weighted by Crippen LogP contribution is 2.29. The number of nitrogens with two attached hydrogens (primary N) is 1. The second-order valence-corrected chi connectivity index (χ2v) is 4.69. The average Bonchev–Trinajstić information content (AvgIpc) is 2.49. The number of benzene rings is 2. The van der Waals surface area contributed by atoms with Crippen molar-refractivity contribution in [1.82, 2.24) is 0 Å². The van der Waals surface area contributed by atoms with E-state index in [4.69, 9.17) is 10.5 Å². The summed E-state index contributed by atoms with van der Waals surface area (Å²) in [4.78, 5) is 0. The minimum atomic E-state index is -0.154. The van der Waals surface area contributed by atoms with E-state index in [2.05, 4.69) is 43.3 Å². The Morgan fingerprint density at radius 1 is 1.00 bits per heavy atom. The summed E-state index contributed by atoms with van der Waals surface area (Å²) in [5.41, 5.74) is 9.91. The lowest BCUT2D eigenvalue weighted by atomic mass is 9.95. The van der Waals surface area contributed by atoms with E-state index in [0.29, 0.717) is 0 Å². The molecule has 0 spiro atoms. The predicted molar refractivity (Wildman–Crippen MR) is 78.9 cm³/mol. The third-order valence-corrected chi connectivity index (χ3v) is 3.45. The van der Waals surface area contributed by atoms with Gasteiger partial charge in [0.1, 0.15) is 6.10 Å². The van der Waals surface area contributed by atoms with E-state index in [1.807, 2.05) is 18.2 Å². The highest BCUT2D eigenvalue weighted by Gasteiger charge is 2.20. The molecule has 2 atom stereocenters. The molecule has 2 heteroatoms. The fourth-order valence-electron chi connectivity index (χ4n) is 2.33. The summed E-state index contributed by atoms with van der Waals surface area (Å²) in [6, 6.07) is 18.4. The van der Waals surface area contributed by atoms with Crippen molar-refractivity contribution in [1.29, 1.82) is 0 Å². The van der Waals surface area contributed by atoms with E-state index in [0.717, 1.165) is 17.5 Å². The van der Waals surface area contributed by atoms with E-state index in [9.17, 15) is 0 Å². The zero-order chi connectivity index (χ0) is 13.7. The van der Waals surface area contributed by atoms with Crippen LogP contribution in [0, 0.1) is 0 Å². The standard InChI is InChI=1S/C17H21NO/c1-3-13-8-7-11-15(12-13)16(18)17(19-2)14-9-5-4-6-10-14/h4-12,16-17H,3,18H2,1-2H3. The zero-order valence-electron chi connectivity index (χ0n) is 11.5. The molecule has 0 bridgehead atoms. The number of hydrogen-bond donors (Lipinski definition) is 1.